The zero-order valence-corrected chi connectivity index (χ0v) is 37.4. The molecule has 0 N–H and O–H groups in total. The molecule has 0 saturated heterocycles. The van der Waals surface area contributed by atoms with Gasteiger partial charge in [-0.2, -0.15) is 0 Å². The summed E-state index contributed by atoms with van der Waals surface area (Å²) in [6.07, 6.45) is 1.21. The molecule has 0 aliphatic rings. The average molecular weight is 893 g/mol. The van der Waals surface area contributed by atoms with Crippen molar-refractivity contribution in [3.8, 4) is 5.75 Å². The molecule has 2 nitrogen and oxygen atoms in total. The predicted octanol–water partition coefficient (Wildman–Crippen LogP) is 16.3. The topological polar surface area (TPSA) is 26.3 Å². The molecule has 0 spiro atoms. The number of thiophene rings is 3. The Balaban J connectivity index is 1.05. The monoisotopic (exact) mass is 892 g/mol. The average Bonchev–Trinajstić information content (AvgIpc) is 3.98. The molecule has 0 aliphatic heterocycles. The number of rotatable bonds is 14. The molecule has 9 heteroatoms. The Labute approximate surface area is 372 Å². The molecule has 0 aliphatic carbocycles. The van der Waals surface area contributed by atoms with Crippen molar-refractivity contribution in [2.24, 2.45) is 5.41 Å². The molecule has 3 aromatic heterocycles. The maximum atomic E-state index is 12.2. The number of hydrogen-bond donors (Lipinski definition) is 0. The highest BCUT2D eigenvalue weighted by Crippen LogP contribution is 2.48. The minimum atomic E-state index is -0.452. The number of esters is 1. The van der Waals surface area contributed by atoms with Gasteiger partial charge in [0, 0.05) is 115 Å². The van der Waals surface area contributed by atoms with Crippen molar-refractivity contribution in [3.63, 3.8) is 0 Å². The van der Waals surface area contributed by atoms with Crippen molar-refractivity contribution in [2.45, 2.75) is 19.6 Å². The molecule has 290 valence electrons. The number of benzene rings is 7. The third-order valence-electron chi connectivity index (χ3n) is 10.4. The van der Waals surface area contributed by atoms with Gasteiger partial charge >= 0.3 is 5.97 Å². The number of hydrogen-bond acceptors (Lipinski definition) is 9. The number of carbonyl (C=O) groups excluding carboxylic acids is 1. The van der Waals surface area contributed by atoms with Gasteiger partial charge in [-0.1, -0.05) is 104 Å². The highest BCUT2D eigenvalue weighted by molar-refractivity contribution is 8.02. The smallest absolute Gasteiger partial charge is 0.335 e. The van der Waals surface area contributed by atoms with Crippen LogP contribution in [0.5, 0.6) is 5.75 Å². The lowest BCUT2D eigenvalue weighted by Gasteiger charge is -2.33. The summed E-state index contributed by atoms with van der Waals surface area (Å²) in [4.78, 5) is 17.3. The number of ether oxygens (including phenoxy) is 1. The summed E-state index contributed by atoms with van der Waals surface area (Å²) in [6.45, 7) is 3.59. The van der Waals surface area contributed by atoms with E-state index in [2.05, 4.69) is 140 Å². The second kappa shape index (κ2) is 17.1. The fraction of sp³-hybridized carbons (Fsp3) is 0.100. The van der Waals surface area contributed by atoms with Crippen molar-refractivity contribution >= 4 is 148 Å². The summed E-state index contributed by atoms with van der Waals surface area (Å²) < 4.78 is 13.6. The lowest BCUT2D eigenvalue weighted by molar-refractivity contribution is -0.128. The van der Waals surface area contributed by atoms with Gasteiger partial charge in [-0.05, 0) is 54.6 Å². The van der Waals surface area contributed by atoms with Crippen LogP contribution in [0.15, 0.2) is 184 Å². The number of fused-ring (bicyclic) bond motifs is 9. The second-order valence-corrected chi connectivity index (χ2v) is 21.7. The predicted molar refractivity (Wildman–Crippen MR) is 266 cm³/mol. The minimum absolute atomic E-state index is 0.130. The summed E-state index contributed by atoms with van der Waals surface area (Å²) in [6, 6.07) is 54.7. The van der Waals surface area contributed by atoms with Crippen LogP contribution in [0, 0.1) is 5.41 Å². The molecule has 0 radical (unpaired) electrons. The summed E-state index contributed by atoms with van der Waals surface area (Å²) in [5.41, 5.74) is -0.130. The first-order valence-electron chi connectivity index (χ1n) is 19.2. The van der Waals surface area contributed by atoms with Crippen molar-refractivity contribution in [1.82, 2.24) is 0 Å². The number of thioether (sulfide) groups is 4. The molecular weight excluding hydrogens is 857 g/mol. The summed E-state index contributed by atoms with van der Waals surface area (Å²) in [7, 11) is 0. The molecule has 0 bridgehead atoms. The Bertz CT molecular complexity index is 2890. The lowest BCUT2D eigenvalue weighted by Crippen LogP contribution is -2.33. The number of carbonyl (C=O) groups is 1. The fourth-order valence-corrected chi connectivity index (χ4v) is 17.2. The third kappa shape index (κ3) is 7.95. The Hall–Kier alpha value is -4.19. The fourth-order valence-electron chi connectivity index (χ4n) is 7.47. The first-order chi connectivity index (χ1) is 29.0. The normalized spacial score (nSPS) is 12.1. The standard InChI is InChI=1S/C50H36O2S7/c1-2-46(51)52-32-13-9-14-33(27-32)53-28-50(29-54-43-24-10-18-37-34-15-3-6-21-40(34)57-47(37)43,30-55-44-25-11-19-38-35-16-4-7-22-41(35)58-48(38)44)31-56-45-26-12-20-39-36-17-5-8-23-42(36)59-49(39)45/h2-27H,1,28-31H2. The lowest BCUT2D eigenvalue weighted by atomic mass is 9.99. The molecule has 0 saturated carbocycles. The van der Waals surface area contributed by atoms with Gasteiger partial charge in [0.2, 0.25) is 0 Å². The van der Waals surface area contributed by atoms with E-state index in [0.29, 0.717) is 5.75 Å². The molecule has 0 unspecified atom stereocenters. The van der Waals surface area contributed by atoms with E-state index in [9.17, 15) is 4.79 Å². The molecule has 0 amide bonds. The maximum Gasteiger partial charge on any atom is 0.335 e. The van der Waals surface area contributed by atoms with Crippen LogP contribution in [0.3, 0.4) is 0 Å². The summed E-state index contributed by atoms with van der Waals surface area (Å²) in [5.74, 6) is 3.77. The van der Waals surface area contributed by atoms with Gasteiger partial charge in [0.25, 0.3) is 0 Å². The van der Waals surface area contributed by atoms with E-state index in [-0.39, 0.29) is 5.41 Å². The van der Waals surface area contributed by atoms with Gasteiger partial charge in [0.15, 0.2) is 0 Å². The van der Waals surface area contributed by atoms with Gasteiger partial charge in [-0.15, -0.1) is 81.1 Å². The molecular formula is C50H36O2S7. The van der Waals surface area contributed by atoms with Gasteiger partial charge in [-0.3, -0.25) is 0 Å². The van der Waals surface area contributed by atoms with Crippen molar-refractivity contribution in [1.29, 1.82) is 0 Å². The molecule has 0 atom stereocenters. The first kappa shape index (κ1) is 39.0. The highest BCUT2D eigenvalue weighted by Gasteiger charge is 2.33. The van der Waals surface area contributed by atoms with E-state index < -0.39 is 5.97 Å². The zero-order valence-electron chi connectivity index (χ0n) is 31.7. The Morgan fingerprint density at radius 2 is 0.881 bits per heavy atom. The summed E-state index contributed by atoms with van der Waals surface area (Å²) >= 11 is 13.6. The molecule has 3 heterocycles. The van der Waals surface area contributed by atoms with E-state index in [0.717, 1.165) is 27.9 Å². The van der Waals surface area contributed by atoms with Crippen LogP contribution >= 0.6 is 81.1 Å². The molecule has 7 aromatic carbocycles. The van der Waals surface area contributed by atoms with Gasteiger partial charge < -0.3 is 4.74 Å². The van der Waals surface area contributed by atoms with E-state index in [1.165, 1.54) is 81.3 Å². The quantitative estimate of drug-likeness (QED) is 0.0467. The van der Waals surface area contributed by atoms with Crippen LogP contribution in [0.4, 0.5) is 0 Å². The van der Waals surface area contributed by atoms with E-state index >= 15 is 0 Å². The van der Waals surface area contributed by atoms with Crippen molar-refractivity contribution in [2.75, 3.05) is 23.0 Å². The van der Waals surface area contributed by atoms with Crippen LogP contribution in [0.25, 0.3) is 60.5 Å². The zero-order chi connectivity index (χ0) is 39.8. The van der Waals surface area contributed by atoms with E-state index in [1.807, 2.05) is 99.3 Å². The van der Waals surface area contributed by atoms with Crippen LogP contribution < -0.4 is 4.74 Å². The Morgan fingerprint density at radius 3 is 1.32 bits per heavy atom. The summed E-state index contributed by atoms with van der Waals surface area (Å²) in [5, 5.41) is 7.97. The van der Waals surface area contributed by atoms with Gasteiger partial charge in [0.05, 0.1) is 0 Å². The van der Waals surface area contributed by atoms with Gasteiger partial charge in [0.1, 0.15) is 5.75 Å². The second-order valence-electron chi connectivity index (χ2n) is 14.4. The third-order valence-corrected chi connectivity index (χ3v) is 20.1. The molecule has 59 heavy (non-hydrogen) atoms. The van der Waals surface area contributed by atoms with E-state index in [1.54, 1.807) is 0 Å². The van der Waals surface area contributed by atoms with Gasteiger partial charge in [-0.25, -0.2) is 4.79 Å². The molecule has 10 rings (SSSR count). The minimum Gasteiger partial charge on any atom is -0.423 e. The van der Waals surface area contributed by atoms with Crippen molar-refractivity contribution < 1.29 is 9.53 Å². The van der Waals surface area contributed by atoms with Crippen LogP contribution in [-0.4, -0.2) is 29.0 Å². The molecule has 0 fully saturated rings. The van der Waals surface area contributed by atoms with Crippen LogP contribution in [0.2, 0.25) is 0 Å². The van der Waals surface area contributed by atoms with E-state index in [4.69, 9.17) is 4.74 Å². The molecule has 10 aromatic rings. The maximum absolute atomic E-state index is 12.2. The van der Waals surface area contributed by atoms with Crippen LogP contribution in [0.1, 0.15) is 0 Å². The highest BCUT2D eigenvalue weighted by atomic mass is 32.2. The SMILES string of the molecule is C=CC(=O)Oc1cccc(SCC(CSc2cccc3c2sc2ccccc23)(CSc2cccc3c2sc2ccccc23)CSc2cccc3c2sc2ccccc23)c1. The Morgan fingerprint density at radius 1 is 0.492 bits per heavy atom. The van der Waals surface area contributed by atoms with Crippen molar-refractivity contribution in [3.05, 3.63) is 164 Å². The largest absolute Gasteiger partial charge is 0.423 e. The van der Waals surface area contributed by atoms with Crippen LogP contribution in [-0.2, 0) is 4.79 Å². The Kier molecular flexibility index (Phi) is 11.3. The first-order valence-corrected chi connectivity index (χ1v) is 25.6.